The van der Waals surface area contributed by atoms with Crippen molar-refractivity contribution in [1.82, 2.24) is 15.0 Å². The van der Waals surface area contributed by atoms with Gasteiger partial charge in [0.2, 0.25) is 0 Å². The number of nitrogens with two attached hydrogens (primary N) is 1. The van der Waals surface area contributed by atoms with Crippen LogP contribution in [0.3, 0.4) is 0 Å². The fraction of sp³-hybridized carbons (Fsp3) is 0.0769. The van der Waals surface area contributed by atoms with Crippen molar-refractivity contribution >= 4 is 16.7 Å². The van der Waals surface area contributed by atoms with Crippen LogP contribution in [0, 0.1) is 5.82 Å². The maximum absolute atomic E-state index is 14.0. The van der Waals surface area contributed by atoms with Crippen molar-refractivity contribution in [3.05, 3.63) is 42.2 Å². The first kappa shape index (κ1) is 11.5. The number of rotatable bonds is 2. The third-order valence-electron chi connectivity index (χ3n) is 2.88. The Bertz CT molecular complexity index is 753. The number of halogens is 1. The molecule has 0 bridgehead atoms. The summed E-state index contributed by atoms with van der Waals surface area (Å²) in [4.78, 5) is 0. The Morgan fingerprint density at radius 1 is 1.26 bits per heavy atom. The summed E-state index contributed by atoms with van der Waals surface area (Å²) in [6.45, 7) is 0. The van der Waals surface area contributed by atoms with Gasteiger partial charge in [-0.05, 0) is 12.1 Å². The lowest BCUT2D eigenvalue weighted by Crippen LogP contribution is -2.03. The summed E-state index contributed by atoms with van der Waals surface area (Å²) < 4.78 is 20.6. The maximum atomic E-state index is 14.0. The van der Waals surface area contributed by atoms with Gasteiger partial charge in [-0.25, -0.2) is 9.07 Å². The van der Waals surface area contributed by atoms with Crippen molar-refractivity contribution in [2.24, 2.45) is 0 Å². The van der Waals surface area contributed by atoms with Gasteiger partial charge in [-0.3, -0.25) is 0 Å². The largest absolute Gasteiger partial charge is 0.495 e. The Hall–Kier alpha value is -2.63. The zero-order valence-electron chi connectivity index (χ0n) is 10.2. The van der Waals surface area contributed by atoms with Crippen LogP contribution in [0.1, 0.15) is 0 Å². The Kier molecular flexibility index (Phi) is 2.56. The average Bonchev–Trinajstić information content (AvgIpc) is 2.83. The van der Waals surface area contributed by atoms with E-state index in [9.17, 15) is 4.39 Å². The van der Waals surface area contributed by atoms with Crippen LogP contribution in [-0.2, 0) is 0 Å². The van der Waals surface area contributed by atoms with Gasteiger partial charge in [0.05, 0.1) is 18.3 Å². The minimum atomic E-state index is -0.478. The molecule has 1 heterocycles. The second-order valence-electron chi connectivity index (χ2n) is 4.04. The molecule has 3 rings (SSSR count). The normalized spacial score (nSPS) is 10.8. The van der Waals surface area contributed by atoms with Crippen molar-refractivity contribution < 1.29 is 9.13 Å². The van der Waals surface area contributed by atoms with E-state index in [1.807, 2.05) is 24.3 Å². The number of methoxy groups -OCH3 is 1. The summed E-state index contributed by atoms with van der Waals surface area (Å²) in [5, 5.41) is 7.95. The van der Waals surface area contributed by atoms with Gasteiger partial charge in [0.25, 0.3) is 0 Å². The van der Waals surface area contributed by atoms with Gasteiger partial charge in [-0.2, -0.15) is 0 Å². The van der Waals surface area contributed by atoms with Gasteiger partial charge < -0.3 is 10.5 Å². The predicted octanol–water partition coefficient (Wildman–Crippen LogP) is 2.15. The van der Waals surface area contributed by atoms with Crippen LogP contribution in [-0.4, -0.2) is 22.1 Å². The lowest BCUT2D eigenvalue weighted by atomic mass is 10.2. The first-order valence-corrected chi connectivity index (χ1v) is 5.64. The summed E-state index contributed by atoms with van der Waals surface area (Å²) in [7, 11) is 1.48. The van der Waals surface area contributed by atoms with E-state index in [2.05, 4.69) is 10.3 Å². The van der Waals surface area contributed by atoms with E-state index in [0.29, 0.717) is 16.8 Å². The molecule has 0 spiro atoms. The van der Waals surface area contributed by atoms with Crippen LogP contribution in [0.2, 0.25) is 0 Å². The van der Waals surface area contributed by atoms with E-state index in [0.717, 1.165) is 0 Å². The third-order valence-corrected chi connectivity index (χ3v) is 2.88. The van der Waals surface area contributed by atoms with Gasteiger partial charge >= 0.3 is 0 Å². The molecule has 3 aromatic rings. The van der Waals surface area contributed by atoms with E-state index >= 15 is 0 Å². The fourth-order valence-electron chi connectivity index (χ4n) is 1.94. The molecule has 19 heavy (non-hydrogen) atoms. The molecule has 6 heteroatoms. The minimum absolute atomic E-state index is 0.244. The molecule has 0 aliphatic rings. The van der Waals surface area contributed by atoms with Gasteiger partial charge in [-0.1, -0.05) is 17.3 Å². The molecular weight excluding hydrogens is 247 g/mol. The number of hydrogen-bond acceptors (Lipinski definition) is 4. The Morgan fingerprint density at radius 2 is 2.05 bits per heavy atom. The van der Waals surface area contributed by atoms with Crippen molar-refractivity contribution in [2.75, 3.05) is 12.8 Å². The van der Waals surface area contributed by atoms with Gasteiger partial charge in [0, 0.05) is 12.1 Å². The molecular formula is C13H11FN4O. The molecule has 0 radical (unpaired) electrons. The smallest absolute Gasteiger partial charge is 0.151 e. The van der Waals surface area contributed by atoms with Gasteiger partial charge in [-0.15, -0.1) is 5.10 Å². The highest BCUT2D eigenvalue weighted by molar-refractivity contribution is 5.76. The minimum Gasteiger partial charge on any atom is -0.495 e. The number of benzene rings is 2. The van der Waals surface area contributed by atoms with Crippen LogP contribution in [0.25, 0.3) is 16.7 Å². The lowest BCUT2D eigenvalue weighted by Gasteiger charge is -2.09. The first-order chi connectivity index (χ1) is 9.20. The van der Waals surface area contributed by atoms with E-state index in [1.54, 1.807) is 0 Å². The highest BCUT2D eigenvalue weighted by atomic mass is 19.1. The standard InChI is InChI=1S/C13H11FN4O/c1-19-13-7-12(8(14)6-9(13)15)18-11-5-3-2-4-10(11)16-17-18/h2-7H,15H2,1H3. The topological polar surface area (TPSA) is 66.0 Å². The molecule has 5 nitrogen and oxygen atoms in total. The molecule has 0 aliphatic heterocycles. The van der Waals surface area contributed by atoms with Crippen LogP contribution in [0.5, 0.6) is 5.75 Å². The van der Waals surface area contributed by atoms with Gasteiger partial charge in [0.15, 0.2) is 5.82 Å². The summed E-state index contributed by atoms with van der Waals surface area (Å²) >= 11 is 0. The molecule has 2 aromatic carbocycles. The number of para-hydroxylation sites is 1. The van der Waals surface area contributed by atoms with E-state index < -0.39 is 5.82 Å². The Balaban J connectivity index is 2.27. The zero-order chi connectivity index (χ0) is 13.4. The number of nitrogen functional groups attached to an aromatic ring is 1. The van der Waals surface area contributed by atoms with E-state index in [1.165, 1.54) is 23.9 Å². The predicted molar refractivity (Wildman–Crippen MR) is 69.8 cm³/mol. The first-order valence-electron chi connectivity index (χ1n) is 5.64. The molecule has 0 unspecified atom stereocenters. The van der Waals surface area contributed by atoms with Crippen molar-refractivity contribution in [3.8, 4) is 11.4 Å². The van der Waals surface area contributed by atoms with Crippen LogP contribution < -0.4 is 10.5 Å². The lowest BCUT2D eigenvalue weighted by molar-refractivity contribution is 0.415. The van der Waals surface area contributed by atoms with E-state index in [4.69, 9.17) is 10.5 Å². The summed E-state index contributed by atoms with van der Waals surface area (Å²) in [5.41, 5.74) is 7.56. The molecule has 0 aliphatic carbocycles. The van der Waals surface area contributed by atoms with Crippen LogP contribution >= 0.6 is 0 Å². The molecule has 96 valence electrons. The van der Waals surface area contributed by atoms with Crippen molar-refractivity contribution in [1.29, 1.82) is 0 Å². The number of ether oxygens (including phenoxy) is 1. The quantitative estimate of drug-likeness (QED) is 0.715. The molecule has 0 saturated carbocycles. The SMILES string of the molecule is COc1cc(-n2nnc3ccccc32)c(F)cc1N. The molecule has 0 amide bonds. The van der Waals surface area contributed by atoms with Crippen molar-refractivity contribution in [2.45, 2.75) is 0 Å². The molecule has 0 saturated heterocycles. The number of hydrogen-bond donors (Lipinski definition) is 1. The molecule has 0 fully saturated rings. The highest BCUT2D eigenvalue weighted by Gasteiger charge is 2.13. The van der Waals surface area contributed by atoms with Crippen molar-refractivity contribution in [3.63, 3.8) is 0 Å². The summed E-state index contributed by atoms with van der Waals surface area (Å²) in [5.74, 6) is -0.0788. The Labute approximate surface area is 108 Å². The number of fused-ring (bicyclic) bond motifs is 1. The molecule has 0 atom stereocenters. The second-order valence-corrected chi connectivity index (χ2v) is 4.04. The molecule has 2 N–H and O–H groups in total. The highest BCUT2D eigenvalue weighted by Crippen LogP contribution is 2.28. The fourth-order valence-corrected chi connectivity index (χ4v) is 1.94. The van der Waals surface area contributed by atoms with Crippen LogP contribution in [0.15, 0.2) is 36.4 Å². The average molecular weight is 258 g/mol. The van der Waals surface area contributed by atoms with E-state index in [-0.39, 0.29) is 11.4 Å². The Morgan fingerprint density at radius 3 is 2.84 bits per heavy atom. The maximum Gasteiger partial charge on any atom is 0.151 e. The molecule has 1 aromatic heterocycles. The summed E-state index contributed by atoms with van der Waals surface area (Å²) in [6, 6.07) is 10.0. The monoisotopic (exact) mass is 258 g/mol. The number of aromatic nitrogens is 3. The number of nitrogens with zero attached hydrogens (tertiary/aromatic N) is 3. The second kappa shape index (κ2) is 4.24. The third kappa shape index (κ3) is 1.77. The zero-order valence-corrected chi connectivity index (χ0v) is 10.2. The summed E-state index contributed by atoms with van der Waals surface area (Å²) in [6.07, 6.45) is 0. The van der Waals surface area contributed by atoms with Gasteiger partial charge in [0.1, 0.15) is 17.0 Å². The number of anilines is 1. The van der Waals surface area contributed by atoms with Crippen LogP contribution in [0.4, 0.5) is 10.1 Å².